The van der Waals surface area contributed by atoms with Crippen LogP contribution in [0.1, 0.15) is 86.5 Å². The van der Waals surface area contributed by atoms with Crippen molar-refractivity contribution in [2.75, 3.05) is 13.2 Å². The lowest BCUT2D eigenvalue weighted by Gasteiger charge is -2.33. The molecule has 6 rings (SSSR count). The molecule has 2 aliphatic heterocycles. The fourth-order valence-electron chi connectivity index (χ4n) is 7.60. The zero-order valence-electron chi connectivity index (χ0n) is 32.2. The number of nitrogens with zero attached hydrogens (tertiary/aromatic N) is 2. The number of allylic oxidation sites excluding steroid dienone is 1. The first kappa shape index (κ1) is 40.2. The highest BCUT2D eigenvalue weighted by molar-refractivity contribution is 7.91. The van der Waals surface area contributed by atoms with E-state index in [4.69, 9.17) is 14.2 Å². The summed E-state index contributed by atoms with van der Waals surface area (Å²) in [6, 6.07) is 2.20. The number of halogens is 1. The number of nitrogens with one attached hydrogen (secondary N) is 3. The number of benzene rings is 1. The first-order valence-corrected chi connectivity index (χ1v) is 20.7. The monoisotopic (exact) mass is 785 g/mol. The number of alkyl carbamates (subject to hydrolysis) is 1. The quantitative estimate of drug-likeness (QED) is 0.322. The van der Waals surface area contributed by atoms with Crippen molar-refractivity contribution in [3.63, 3.8) is 0 Å². The predicted molar refractivity (Wildman–Crippen MR) is 201 cm³/mol. The fraction of sp³-hybridized carbons (Fsp3) is 0.615. The maximum atomic E-state index is 15.0. The van der Waals surface area contributed by atoms with Crippen LogP contribution in [-0.4, -0.2) is 89.8 Å². The summed E-state index contributed by atoms with van der Waals surface area (Å²) in [7, 11) is -3.93. The van der Waals surface area contributed by atoms with Crippen molar-refractivity contribution >= 4 is 44.6 Å². The Labute approximate surface area is 321 Å². The molecule has 7 atom stereocenters. The standard InChI is InChI=1S/C39H52FN5O9S/c1-7-52-31-17-24-14-15-41-34(28(24)19-29(31)40)53-26-18-30-33(46)43-39(36(48)44-55(50,51)27-12-13-27)20-25(39)11-9-8-10-22(2)16-23(3)32(35(47)45(30)21-26)42-37(49)54-38(4,5)6/h9,11,14-15,17,19,22-23,25-27,30,32H,7-8,10,12-13,16,18,20-21H2,1-6H3,(H,42,49)(H,43,46)(H,44,48)/b11-9-/t22-,23+,25+,26+,30-,32-,39+/m0/s1. The topological polar surface area (TPSA) is 182 Å². The summed E-state index contributed by atoms with van der Waals surface area (Å²) in [5.41, 5.74) is -2.40. The van der Waals surface area contributed by atoms with Crippen molar-refractivity contribution in [3.8, 4) is 11.6 Å². The zero-order valence-corrected chi connectivity index (χ0v) is 33.0. The predicted octanol–water partition coefficient (Wildman–Crippen LogP) is 4.51. The summed E-state index contributed by atoms with van der Waals surface area (Å²) in [6.07, 6.45) is 6.67. The molecule has 300 valence electrons. The molecule has 0 radical (unpaired) electrons. The third kappa shape index (κ3) is 9.16. The Morgan fingerprint density at radius 1 is 1.13 bits per heavy atom. The molecule has 0 unspecified atom stereocenters. The van der Waals surface area contributed by atoms with Crippen LogP contribution in [0, 0.1) is 23.6 Å². The van der Waals surface area contributed by atoms with Crippen LogP contribution in [-0.2, 0) is 29.1 Å². The van der Waals surface area contributed by atoms with E-state index in [0.29, 0.717) is 36.5 Å². The van der Waals surface area contributed by atoms with Crippen LogP contribution >= 0.6 is 0 Å². The molecule has 3 fully saturated rings. The molecule has 4 aliphatic rings. The van der Waals surface area contributed by atoms with Crippen LogP contribution in [0.4, 0.5) is 9.18 Å². The molecule has 2 saturated carbocycles. The normalized spacial score (nSPS) is 29.5. The molecule has 3 heterocycles. The van der Waals surface area contributed by atoms with E-state index >= 15 is 4.39 Å². The van der Waals surface area contributed by atoms with Crippen LogP contribution in [0.3, 0.4) is 0 Å². The van der Waals surface area contributed by atoms with Crippen LogP contribution < -0.4 is 24.8 Å². The molecular weight excluding hydrogens is 734 g/mol. The van der Waals surface area contributed by atoms with Gasteiger partial charge in [-0.15, -0.1) is 0 Å². The third-order valence-electron chi connectivity index (χ3n) is 10.6. The number of carbonyl (C=O) groups excluding carboxylic acids is 4. The average molecular weight is 786 g/mol. The van der Waals surface area contributed by atoms with Crippen LogP contribution in [0.2, 0.25) is 0 Å². The number of hydrogen-bond acceptors (Lipinski definition) is 10. The summed E-state index contributed by atoms with van der Waals surface area (Å²) < 4.78 is 60.3. The van der Waals surface area contributed by atoms with E-state index in [-0.39, 0.29) is 49.5 Å². The third-order valence-corrected chi connectivity index (χ3v) is 12.5. The Balaban J connectivity index is 1.35. The van der Waals surface area contributed by atoms with Crippen molar-refractivity contribution in [1.29, 1.82) is 0 Å². The van der Waals surface area contributed by atoms with Gasteiger partial charge in [0.2, 0.25) is 27.7 Å². The van der Waals surface area contributed by atoms with E-state index in [2.05, 4.69) is 27.3 Å². The first-order chi connectivity index (χ1) is 25.9. The van der Waals surface area contributed by atoms with Gasteiger partial charge in [0.1, 0.15) is 29.3 Å². The van der Waals surface area contributed by atoms with E-state index in [0.717, 1.165) is 6.42 Å². The summed E-state index contributed by atoms with van der Waals surface area (Å²) in [5, 5.41) is 5.93. The fourth-order valence-corrected chi connectivity index (χ4v) is 8.96. The van der Waals surface area contributed by atoms with E-state index in [1.807, 2.05) is 19.1 Å². The highest BCUT2D eigenvalue weighted by atomic mass is 32.2. The SMILES string of the molecule is CCOc1cc2ccnc(O[C@@H]3C[C@H]4C(=O)N[C@]5(C(=O)NS(=O)(=O)C6CC6)C[C@H]5/C=C\CC[C@H](C)C[C@@H](C)[C@H](NC(=O)OC(C)(C)C)C(=O)N4C3)c2cc1F. The molecule has 1 saturated heterocycles. The van der Waals surface area contributed by atoms with Crippen LogP contribution in [0.15, 0.2) is 36.5 Å². The number of carbonyl (C=O) groups is 4. The van der Waals surface area contributed by atoms with Gasteiger partial charge >= 0.3 is 6.09 Å². The second-order valence-electron chi connectivity index (χ2n) is 16.4. The summed E-state index contributed by atoms with van der Waals surface area (Å²) >= 11 is 0. The van der Waals surface area contributed by atoms with E-state index in [1.54, 1.807) is 39.8 Å². The number of fused-ring (bicyclic) bond motifs is 3. The van der Waals surface area contributed by atoms with Gasteiger partial charge in [-0.25, -0.2) is 22.6 Å². The maximum Gasteiger partial charge on any atom is 0.408 e. The molecule has 1 aromatic heterocycles. The Hall–Kier alpha value is -4.47. The number of sulfonamides is 1. The molecule has 2 aromatic rings. The highest BCUT2D eigenvalue weighted by Gasteiger charge is 2.62. The van der Waals surface area contributed by atoms with Gasteiger partial charge < -0.3 is 29.7 Å². The van der Waals surface area contributed by atoms with Crippen molar-refractivity contribution < 1.29 is 46.2 Å². The zero-order chi connectivity index (χ0) is 39.9. The molecule has 16 heteroatoms. The number of rotatable bonds is 8. The van der Waals surface area contributed by atoms with Gasteiger partial charge in [0.25, 0.3) is 5.91 Å². The largest absolute Gasteiger partial charge is 0.491 e. The minimum absolute atomic E-state index is 0.0440. The second-order valence-corrected chi connectivity index (χ2v) is 18.4. The van der Waals surface area contributed by atoms with Gasteiger partial charge in [0.05, 0.1) is 18.4 Å². The molecular formula is C39H52FN5O9S. The minimum Gasteiger partial charge on any atom is -0.491 e. The smallest absolute Gasteiger partial charge is 0.408 e. The summed E-state index contributed by atoms with van der Waals surface area (Å²) in [5.74, 6) is -3.24. The van der Waals surface area contributed by atoms with Gasteiger partial charge in [-0.05, 0) is 102 Å². The van der Waals surface area contributed by atoms with E-state index < -0.39 is 80.2 Å². The van der Waals surface area contributed by atoms with E-state index in [9.17, 15) is 27.6 Å². The molecule has 14 nitrogen and oxygen atoms in total. The molecule has 0 bridgehead atoms. The second kappa shape index (κ2) is 15.6. The van der Waals surface area contributed by atoms with Gasteiger partial charge in [-0.1, -0.05) is 26.0 Å². The first-order valence-electron chi connectivity index (χ1n) is 19.1. The highest BCUT2D eigenvalue weighted by Crippen LogP contribution is 2.46. The van der Waals surface area contributed by atoms with Crippen LogP contribution in [0.25, 0.3) is 10.8 Å². The number of pyridine rings is 1. The lowest BCUT2D eigenvalue weighted by atomic mass is 9.88. The number of amides is 4. The number of aromatic nitrogens is 1. The molecule has 2 aliphatic carbocycles. The Morgan fingerprint density at radius 3 is 2.56 bits per heavy atom. The van der Waals surface area contributed by atoms with Crippen molar-refractivity contribution in [2.45, 2.75) is 121 Å². The van der Waals surface area contributed by atoms with E-state index in [1.165, 1.54) is 17.2 Å². The molecule has 0 spiro atoms. The minimum atomic E-state index is -3.93. The van der Waals surface area contributed by atoms with Crippen molar-refractivity contribution in [3.05, 3.63) is 42.4 Å². The molecule has 1 aromatic carbocycles. The van der Waals surface area contributed by atoms with Crippen molar-refractivity contribution in [1.82, 2.24) is 25.2 Å². The van der Waals surface area contributed by atoms with Gasteiger partial charge in [-0.3, -0.25) is 19.1 Å². The van der Waals surface area contributed by atoms with Gasteiger partial charge in [0.15, 0.2) is 11.6 Å². The summed E-state index contributed by atoms with van der Waals surface area (Å²) in [4.78, 5) is 61.8. The number of hydrogen-bond donors (Lipinski definition) is 3. The molecule has 3 N–H and O–H groups in total. The number of ether oxygens (including phenoxy) is 3. The maximum absolute atomic E-state index is 15.0. The Bertz CT molecular complexity index is 1970. The molecule has 55 heavy (non-hydrogen) atoms. The lowest BCUT2D eigenvalue weighted by Crippen LogP contribution is -2.59. The van der Waals surface area contributed by atoms with Crippen molar-refractivity contribution in [2.24, 2.45) is 17.8 Å². The lowest BCUT2D eigenvalue weighted by molar-refractivity contribution is -0.142. The Kier molecular flexibility index (Phi) is 11.4. The Morgan fingerprint density at radius 2 is 1.87 bits per heavy atom. The average Bonchev–Trinajstić information content (AvgIpc) is 4.02. The van der Waals surface area contributed by atoms with Gasteiger partial charge in [0, 0.05) is 23.9 Å². The summed E-state index contributed by atoms with van der Waals surface area (Å²) in [6.45, 7) is 11.0. The molecule has 4 amide bonds. The van der Waals surface area contributed by atoms with Gasteiger partial charge in [-0.2, -0.15) is 0 Å². The van der Waals surface area contributed by atoms with Crippen LogP contribution in [0.5, 0.6) is 11.6 Å².